The first kappa shape index (κ1) is 16.6. The van der Waals surface area contributed by atoms with Gasteiger partial charge in [-0.1, -0.05) is 42.5 Å². The molecule has 3 aromatic rings. The summed E-state index contributed by atoms with van der Waals surface area (Å²) in [6.07, 6.45) is 3.61. The molecule has 27 heavy (non-hydrogen) atoms. The molecule has 0 N–H and O–H groups in total. The van der Waals surface area contributed by atoms with Crippen molar-refractivity contribution in [1.82, 2.24) is 4.57 Å². The van der Waals surface area contributed by atoms with E-state index >= 15 is 0 Å². The molecule has 0 unspecified atom stereocenters. The molecule has 5 rings (SSSR count). The van der Waals surface area contributed by atoms with Crippen LogP contribution in [0.5, 0.6) is 0 Å². The number of pyridine rings is 1. The maximum absolute atomic E-state index is 12.9. The van der Waals surface area contributed by atoms with E-state index < -0.39 is 0 Å². The van der Waals surface area contributed by atoms with Gasteiger partial charge in [0.1, 0.15) is 0 Å². The molecule has 1 atom stereocenters. The Morgan fingerprint density at radius 2 is 1.93 bits per heavy atom. The standard InChI is InChI=1S/C23H20N2OS/c24-11-10-19-14-27-23-22(16-8-9-16)18(13-21(26)25(19)23)12-17-6-3-5-15-4-1-2-7-20(15)17/h1-7,13,16,19H,8-10,12,14H2/t19-/m1/s1. The quantitative estimate of drug-likeness (QED) is 0.645. The second-order valence-corrected chi connectivity index (χ2v) is 8.52. The zero-order chi connectivity index (χ0) is 18.4. The number of hydrogen-bond acceptors (Lipinski definition) is 3. The van der Waals surface area contributed by atoms with Crippen LogP contribution in [0.25, 0.3) is 10.8 Å². The van der Waals surface area contributed by atoms with Gasteiger partial charge < -0.3 is 0 Å². The van der Waals surface area contributed by atoms with Crippen LogP contribution in [-0.2, 0) is 6.42 Å². The molecule has 0 saturated heterocycles. The molecule has 1 aliphatic carbocycles. The van der Waals surface area contributed by atoms with Crippen LogP contribution in [0.1, 0.15) is 47.9 Å². The van der Waals surface area contributed by atoms with Crippen molar-refractivity contribution in [3.63, 3.8) is 0 Å². The van der Waals surface area contributed by atoms with Crippen LogP contribution in [0, 0.1) is 11.3 Å². The molecule has 0 spiro atoms. The highest BCUT2D eigenvalue weighted by Gasteiger charge is 2.35. The van der Waals surface area contributed by atoms with E-state index in [1.54, 1.807) is 11.8 Å². The Morgan fingerprint density at radius 3 is 2.74 bits per heavy atom. The highest BCUT2D eigenvalue weighted by molar-refractivity contribution is 7.99. The van der Waals surface area contributed by atoms with Gasteiger partial charge in [-0.15, -0.1) is 11.8 Å². The first-order chi connectivity index (χ1) is 13.3. The van der Waals surface area contributed by atoms with Gasteiger partial charge in [-0.2, -0.15) is 5.26 Å². The highest BCUT2D eigenvalue weighted by Crippen LogP contribution is 2.49. The highest BCUT2D eigenvalue weighted by atomic mass is 32.2. The molecule has 2 aliphatic rings. The molecule has 4 heteroatoms. The van der Waals surface area contributed by atoms with Gasteiger partial charge in [-0.3, -0.25) is 9.36 Å². The van der Waals surface area contributed by atoms with Gasteiger partial charge in [-0.25, -0.2) is 0 Å². The summed E-state index contributed by atoms with van der Waals surface area (Å²) in [5.41, 5.74) is 3.87. The second-order valence-electron chi connectivity index (χ2n) is 7.51. The van der Waals surface area contributed by atoms with Crippen LogP contribution in [0.3, 0.4) is 0 Å². The summed E-state index contributed by atoms with van der Waals surface area (Å²) in [6.45, 7) is 0. The molecule has 0 radical (unpaired) electrons. The molecule has 2 heterocycles. The fourth-order valence-electron chi connectivity index (χ4n) is 4.27. The van der Waals surface area contributed by atoms with E-state index in [-0.39, 0.29) is 11.6 Å². The summed E-state index contributed by atoms with van der Waals surface area (Å²) < 4.78 is 1.90. The maximum atomic E-state index is 12.9. The molecule has 2 aromatic carbocycles. The van der Waals surface area contributed by atoms with Crippen molar-refractivity contribution in [2.45, 2.75) is 42.7 Å². The SMILES string of the molecule is N#CC[C@@H]1CSc2c(C3CC3)c(Cc3cccc4ccccc34)cc(=O)n21. The van der Waals surface area contributed by atoms with Crippen LogP contribution >= 0.6 is 11.8 Å². The first-order valence-electron chi connectivity index (χ1n) is 9.51. The third-order valence-electron chi connectivity index (χ3n) is 5.68. The number of hydrogen-bond donors (Lipinski definition) is 0. The minimum Gasteiger partial charge on any atom is -0.298 e. The van der Waals surface area contributed by atoms with Crippen LogP contribution in [-0.4, -0.2) is 10.3 Å². The zero-order valence-corrected chi connectivity index (χ0v) is 15.8. The lowest BCUT2D eigenvalue weighted by molar-refractivity contribution is 0.522. The van der Waals surface area contributed by atoms with E-state index in [9.17, 15) is 4.79 Å². The summed E-state index contributed by atoms with van der Waals surface area (Å²) in [6, 6.07) is 19.0. The Kier molecular flexibility index (Phi) is 4.06. The van der Waals surface area contributed by atoms with Crippen molar-refractivity contribution >= 4 is 22.5 Å². The van der Waals surface area contributed by atoms with Gasteiger partial charge in [-0.05, 0) is 52.6 Å². The van der Waals surface area contributed by atoms with Crippen LogP contribution in [0.4, 0.5) is 0 Å². The molecule has 1 saturated carbocycles. The number of nitriles is 1. The number of aromatic nitrogens is 1. The lowest BCUT2D eigenvalue weighted by Crippen LogP contribution is -2.25. The Balaban J connectivity index is 1.64. The van der Waals surface area contributed by atoms with E-state index in [1.807, 2.05) is 10.6 Å². The van der Waals surface area contributed by atoms with Crippen LogP contribution in [0.2, 0.25) is 0 Å². The van der Waals surface area contributed by atoms with Gasteiger partial charge in [0.25, 0.3) is 5.56 Å². The summed E-state index contributed by atoms with van der Waals surface area (Å²) >= 11 is 1.77. The normalized spacial score (nSPS) is 18.4. The monoisotopic (exact) mass is 372 g/mol. The van der Waals surface area contributed by atoms with Gasteiger partial charge in [0, 0.05) is 11.8 Å². The Bertz CT molecular complexity index is 1130. The maximum Gasteiger partial charge on any atom is 0.251 e. The third kappa shape index (κ3) is 2.87. The lowest BCUT2D eigenvalue weighted by atomic mass is 9.95. The third-order valence-corrected chi connectivity index (χ3v) is 6.92. The molecule has 3 nitrogen and oxygen atoms in total. The summed E-state index contributed by atoms with van der Waals surface area (Å²) in [5, 5.41) is 12.7. The van der Waals surface area contributed by atoms with Crippen LogP contribution in [0.15, 0.2) is 58.4 Å². The van der Waals surface area contributed by atoms with E-state index in [1.165, 1.54) is 40.3 Å². The smallest absolute Gasteiger partial charge is 0.251 e. The molecule has 0 bridgehead atoms. The summed E-state index contributed by atoms with van der Waals surface area (Å²) in [4.78, 5) is 12.9. The van der Waals surface area contributed by atoms with Gasteiger partial charge in [0.05, 0.1) is 23.6 Å². The summed E-state index contributed by atoms with van der Waals surface area (Å²) in [5.74, 6) is 1.41. The fraction of sp³-hybridized carbons (Fsp3) is 0.304. The van der Waals surface area contributed by atoms with Gasteiger partial charge in [0.15, 0.2) is 0 Å². The van der Waals surface area contributed by atoms with Crippen molar-refractivity contribution < 1.29 is 0 Å². The molecular weight excluding hydrogens is 352 g/mol. The Hall–Kier alpha value is -2.51. The average molecular weight is 372 g/mol. The molecule has 1 aliphatic heterocycles. The topological polar surface area (TPSA) is 45.8 Å². The molecule has 1 aromatic heterocycles. The van der Waals surface area contributed by atoms with Crippen molar-refractivity contribution in [2.75, 3.05) is 5.75 Å². The van der Waals surface area contributed by atoms with Crippen molar-refractivity contribution in [3.05, 3.63) is 75.6 Å². The largest absolute Gasteiger partial charge is 0.298 e. The fourth-order valence-corrected chi connectivity index (χ4v) is 5.72. The number of thioether (sulfide) groups is 1. The van der Waals surface area contributed by atoms with E-state index in [2.05, 4.69) is 48.5 Å². The number of benzene rings is 2. The molecule has 0 amide bonds. The minimum atomic E-state index is 0.0200. The minimum absolute atomic E-state index is 0.0200. The van der Waals surface area contributed by atoms with Crippen molar-refractivity contribution in [1.29, 1.82) is 5.26 Å². The number of fused-ring (bicyclic) bond motifs is 2. The van der Waals surface area contributed by atoms with Crippen LogP contribution < -0.4 is 5.56 Å². The second kappa shape index (κ2) is 6.58. The molecule has 1 fully saturated rings. The first-order valence-corrected chi connectivity index (χ1v) is 10.5. The zero-order valence-electron chi connectivity index (χ0n) is 15.0. The van der Waals surface area contributed by atoms with E-state index in [4.69, 9.17) is 5.26 Å². The van der Waals surface area contributed by atoms with Crippen molar-refractivity contribution in [2.24, 2.45) is 0 Å². The van der Waals surface area contributed by atoms with E-state index in [0.717, 1.165) is 17.2 Å². The van der Waals surface area contributed by atoms with Gasteiger partial charge >= 0.3 is 0 Å². The average Bonchev–Trinajstić information content (AvgIpc) is 3.42. The predicted molar refractivity (Wildman–Crippen MR) is 109 cm³/mol. The number of nitrogens with zero attached hydrogens (tertiary/aromatic N) is 2. The van der Waals surface area contributed by atoms with Gasteiger partial charge in [0.2, 0.25) is 0 Å². The Labute approximate surface area is 162 Å². The number of rotatable bonds is 4. The summed E-state index contributed by atoms with van der Waals surface area (Å²) in [7, 11) is 0. The lowest BCUT2D eigenvalue weighted by Gasteiger charge is -2.17. The van der Waals surface area contributed by atoms with E-state index in [0.29, 0.717) is 12.3 Å². The van der Waals surface area contributed by atoms with Crippen molar-refractivity contribution in [3.8, 4) is 6.07 Å². The predicted octanol–water partition coefficient (Wildman–Crippen LogP) is 5.03. The molecular formula is C23H20N2OS. The molecule has 134 valence electrons. The Morgan fingerprint density at radius 1 is 1.11 bits per heavy atom.